The lowest BCUT2D eigenvalue weighted by Crippen LogP contribution is -2.59. The molecule has 2 aliphatic rings. The normalized spacial score (nSPS) is 22.1. The van der Waals surface area contributed by atoms with Gasteiger partial charge < -0.3 is 30.3 Å². The van der Waals surface area contributed by atoms with Crippen molar-refractivity contribution in [3.05, 3.63) is 67.3 Å². The molecule has 1 aliphatic heterocycles. The number of carbonyl (C=O) groups is 4. The molecule has 1 saturated carbocycles. The third kappa shape index (κ3) is 7.92. The quantitative estimate of drug-likeness (QED) is 0.250. The number of amides is 3. The smallest absolute Gasteiger partial charge is 0.408 e. The van der Waals surface area contributed by atoms with Crippen LogP contribution in [0.15, 0.2) is 67.3 Å². The van der Waals surface area contributed by atoms with Crippen LogP contribution in [-0.4, -0.2) is 92.7 Å². The molecule has 3 N–H and O–H groups in total. The van der Waals surface area contributed by atoms with Crippen molar-refractivity contribution in [3.8, 4) is 22.5 Å². The van der Waals surface area contributed by atoms with Crippen molar-refractivity contribution in [2.24, 2.45) is 11.3 Å². The summed E-state index contributed by atoms with van der Waals surface area (Å²) >= 11 is 0. The summed E-state index contributed by atoms with van der Waals surface area (Å²) in [6.45, 7) is 14.4. The Morgan fingerprint density at radius 3 is 2.06 bits per heavy atom. The van der Waals surface area contributed by atoms with Crippen molar-refractivity contribution in [3.63, 3.8) is 0 Å². The average molecular weight is 700 g/mol. The second-order valence-electron chi connectivity index (χ2n) is 15.7. The number of aromatic nitrogens is 3. The SMILES string of the molecule is C=CC1CC1(NC(=O)C1CC(n2nc(-c3ccccc3)c(-c3ccc(N(C)C)cc3)n2)CN1C(=O)C(NC(=O)OC(C)(C)C)C(C)(C)C)C(=O)O. The number of likely N-dealkylation sites (tertiary alicyclic amines) is 1. The third-order valence-electron chi connectivity index (χ3n) is 9.33. The molecule has 5 unspecified atom stereocenters. The number of hydrogen-bond donors (Lipinski definition) is 3. The van der Waals surface area contributed by atoms with Crippen LogP contribution in [-0.2, 0) is 19.1 Å². The molecule has 0 bridgehead atoms. The Morgan fingerprint density at radius 2 is 1.57 bits per heavy atom. The lowest BCUT2D eigenvalue weighted by molar-refractivity contribution is -0.146. The molecule has 1 saturated heterocycles. The van der Waals surface area contributed by atoms with Gasteiger partial charge in [0, 0.05) is 49.8 Å². The van der Waals surface area contributed by atoms with Crippen molar-refractivity contribution in [1.82, 2.24) is 30.5 Å². The zero-order chi connectivity index (χ0) is 37.5. The molecule has 13 nitrogen and oxygen atoms in total. The highest BCUT2D eigenvalue weighted by atomic mass is 16.6. The molecule has 3 amide bonds. The predicted molar refractivity (Wildman–Crippen MR) is 194 cm³/mol. The van der Waals surface area contributed by atoms with E-state index in [-0.39, 0.29) is 19.4 Å². The number of carboxylic acids is 1. The zero-order valence-electron chi connectivity index (χ0n) is 30.6. The number of ether oxygens (including phenoxy) is 1. The van der Waals surface area contributed by atoms with Crippen LogP contribution in [0.5, 0.6) is 0 Å². The number of rotatable bonds is 10. The van der Waals surface area contributed by atoms with Crippen LogP contribution >= 0.6 is 0 Å². The standard InChI is InChI=1S/C38H49N7O6/c1-10-25-21-38(25,34(48)49)40-32(46)28-20-27(22-44(28)33(47)31(36(2,3)4)39-35(50)51-37(5,6)7)45-41-29(23-14-12-11-13-15-23)30(42-45)24-16-18-26(19-17-24)43(8)9/h10-19,25,27-28,31H,1,20-22H2,2-9H3,(H,39,50)(H,40,46)(H,48,49). The summed E-state index contributed by atoms with van der Waals surface area (Å²) < 4.78 is 5.48. The molecule has 51 heavy (non-hydrogen) atoms. The molecule has 2 heterocycles. The minimum atomic E-state index is -1.50. The van der Waals surface area contributed by atoms with Gasteiger partial charge in [-0.05, 0) is 44.7 Å². The number of alkyl carbamates (subject to hydrolysis) is 1. The molecule has 0 radical (unpaired) electrons. The van der Waals surface area contributed by atoms with Crippen LogP contribution in [0, 0.1) is 11.3 Å². The fourth-order valence-corrected chi connectivity index (χ4v) is 6.42. The van der Waals surface area contributed by atoms with Crippen LogP contribution in [0.1, 0.15) is 60.4 Å². The molecular formula is C38H49N7O6. The van der Waals surface area contributed by atoms with Crippen molar-refractivity contribution in [2.45, 2.75) is 83.6 Å². The minimum absolute atomic E-state index is 0.0341. The highest BCUT2D eigenvalue weighted by Gasteiger charge is 2.61. The molecule has 1 aromatic heterocycles. The largest absolute Gasteiger partial charge is 0.479 e. The fraction of sp³-hybridized carbons (Fsp3) is 0.474. The Kier molecular flexibility index (Phi) is 10.1. The maximum atomic E-state index is 14.5. The van der Waals surface area contributed by atoms with E-state index in [4.69, 9.17) is 14.9 Å². The predicted octanol–water partition coefficient (Wildman–Crippen LogP) is 4.91. The van der Waals surface area contributed by atoms with Gasteiger partial charge in [-0.15, -0.1) is 6.58 Å². The first-order valence-electron chi connectivity index (χ1n) is 17.1. The van der Waals surface area contributed by atoms with Gasteiger partial charge in [0.25, 0.3) is 0 Å². The van der Waals surface area contributed by atoms with Crippen LogP contribution in [0.4, 0.5) is 10.5 Å². The van der Waals surface area contributed by atoms with E-state index in [1.165, 1.54) is 11.0 Å². The van der Waals surface area contributed by atoms with Crippen molar-refractivity contribution < 1.29 is 29.0 Å². The monoisotopic (exact) mass is 699 g/mol. The number of aliphatic carboxylic acids is 1. The lowest BCUT2D eigenvalue weighted by atomic mass is 9.85. The Bertz CT molecular complexity index is 1790. The van der Waals surface area contributed by atoms with Gasteiger partial charge >= 0.3 is 12.1 Å². The highest BCUT2D eigenvalue weighted by molar-refractivity contribution is 5.96. The Hall–Kier alpha value is -5.20. The highest BCUT2D eigenvalue weighted by Crippen LogP contribution is 2.45. The maximum absolute atomic E-state index is 14.5. The number of carboxylic acid groups (broad SMARTS) is 1. The summed E-state index contributed by atoms with van der Waals surface area (Å²) in [5.74, 6) is -2.73. The van der Waals surface area contributed by atoms with E-state index >= 15 is 0 Å². The first-order chi connectivity index (χ1) is 23.8. The van der Waals surface area contributed by atoms with Gasteiger partial charge in [0.1, 0.15) is 34.6 Å². The first kappa shape index (κ1) is 37.1. The summed E-state index contributed by atoms with van der Waals surface area (Å²) in [5, 5.41) is 25.4. The van der Waals surface area contributed by atoms with Gasteiger partial charge in [0.2, 0.25) is 11.8 Å². The topological polar surface area (TPSA) is 159 Å². The molecule has 2 fully saturated rings. The molecule has 13 heteroatoms. The Balaban J connectivity index is 1.54. The molecular weight excluding hydrogens is 650 g/mol. The molecule has 1 aliphatic carbocycles. The number of nitrogens with one attached hydrogen (secondary N) is 2. The maximum Gasteiger partial charge on any atom is 0.408 e. The van der Waals surface area contributed by atoms with Gasteiger partial charge in [-0.25, -0.2) is 9.59 Å². The second kappa shape index (κ2) is 13.8. The van der Waals surface area contributed by atoms with Gasteiger partial charge in [0.15, 0.2) is 0 Å². The van der Waals surface area contributed by atoms with E-state index in [1.807, 2.05) is 94.4 Å². The van der Waals surface area contributed by atoms with Gasteiger partial charge in [-0.2, -0.15) is 15.0 Å². The van der Waals surface area contributed by atoms with E-state index in [0.29, 0.717) is 11.4 Å². The molecule has 272 valence electrons. The third-order valence-corrected chi connectivity index (χ3v) is 9.33. The number of hydrogen-bond acceptors (Lipinski definition) is 8. The van der Waals surface area contributed by atoms with Crippen LogP contribution < -0.4 is 15.5 Å². The van der Waals surface area contributed by atoms with E-state index < -0.39 is 64.5 Å². The van der Waals surface area contributed by atoms with Crippen molar-refractivity contribution in [2.75, 3.05) is 25.5 Å². The number of benzene rings is 2. The summed E-state index contributed by atoms with van der Waals surface area (Å²) in [6.07, 6.45) is 1.05. The number of carbonyl (C=O) groups excluding carboxylic acids is 3. The Morgan fingerprint density at radius 1 is 0.980 bits per heavy atom. The van der Waals surface area contributed by atoms with Crippen LogP contribution in [0.2, 0.25) is 0 Å². The summed E-state index contributed by atoms with van der Waals surface area (Å²) in [5.41, 5.74) is 0.887. The minimum Gasteiger partial charge on any atom is -0.479 e. The van der Waals surface area contributed by atoms with E-state index in [9.17, 15) is 24.3 Å². The van der Waals surface area contributed by atoms with Crippen molar-refractivity contribution in [1.29, 1.82) is 0 Å². The molecule has 5 rings (SSSR count). The first-order valence-corrected chi connectivity index (χ1v) is 17.1. The van der Waals surface area contributed by atoms with Gasteiger partial charge in [-0.1, -0.05) is 69.3 Å². The summed E-state index contributed by atoms with van der Waals surface area (Å²) in [6, 6.07) is 14.9. The summed E-state index contributed by atoms with van der Waals surface area (Å²) in [7, 11) is 3.93. The summed E-state index contributed by atoms with van der Waals surface area (Å²) in [4.78, 5) is 58.8. The average Bonchev–Trinajstić information content (AvgIpc) is 3.37. The molecule has 5 atom stereocenters. The fourth-order valence-electron chi connectivity index (χ4n) is 6.42. The lowest BCUT2D eigenvalue weighted by Gasteiger charge is -2.36. The van der Waals surface area contributed by atoms with E-state index in [0.717, 1.165) is 16.8 Å². The van der Waals surface area contributed by atoms with E-state index in [2.05, 4.69) is 17.2 Å². The van der Waals surface area contributed by atoms with Gasteiger partial charge in [-0.3, -0.25) is 9.59 Å². The second-order valence-corrected chi connectivity index (χ2v) is 15.7. The molecule has 0 spiro atoms. The van der Waals surface area contributed by atoms with E-state index in [1.54, 1.807) is 25.6 Å². The zero-order valence-corrected chi connectivity index (χ0v) is 30.6. The number of nitrogens with zero attached hydrogens (tertiary/aromatic N) is 5. The Labute approximate surface area is 299 Å². The van der Waals surface area contributed by atoms with Crippen LogP contribution in [0.25, 0.3) is 22.5 Å². The molecule has 2 aromatic carbocycles. The van der Waals surface area contributed by atoms with Crippen LogP contribution in [0.3, 0.4) is 0 Å². The molecule has 3 aromatic rings. The number of anilines is 1. The van der Waals surface area contributed by atoms with Crippen molar-refractivity contribution >= 4 is 29.6 Å². The van der Waals surface area contributed by atoms with Gasteiger partial charge in [0.05, 0.1) is 6.04 Å².